The maximum atomic E-state index is 12.7. The van der Waals surface area contributed by atoms with E-state index in [4.69, 9.17) is 5.11 Å². The molecule has 0 aromatic carbocycles. The summed E-state index contributed by atoms with van der Waals surface area (Å²) in [6, 6.07) is 1.67. The number of aromatic carboxylic acids is 1. The van der Waals surface area contributed by atoms with Crippen LogP contribution in [-0.2, 0) is 6.18 Å². The zero-order valence-electron chi connectivity index (χ0n) is 10.2. The summed E-state index contributed by atoms with van der Waals surface area (Å²) in [7, 11) is 0. The van der Waals surface area contributed by atoms with Crippen molar-refractivity contribution in [3.8, 4) is 0 Å². The van der Waals surface area contributed by atoms with Crippen molar-refractivity contribution in [2.45, 2.75) is 32.0 Å². The number of carboxylic acid groups (broad SMARTS) is 1. The second-order valence-electron chi connectivity index (χ2n) is 4.56. The molecule has 2 rings (SSSR count). The van der Waals surface area contributed by atoms with Crippen molar-refractivity contribution in [2.75, 3.05) is 11.4 Å². The third kappa shape index (κ3) is 2.64. The molecule has 1 aromatic rings. The number of nitrogens with zero attached hydrogens (tertiary/aromatic N) is 2. The first-order chi connectivity index (χ1) is 8.80. The van der Waals surface area contributed by atoms with E-state index in [1.165, 1.54) is 0 Å². The van der Waals surface area contributed by atoms with Crippen molar-refractivity contribution in [3.05, 3.63) is 23.4 Å². The summed E-state index contributed by atoms with van der Waals surface area (Å²) in [6.07, 6.45) is -2.94. The molecular formula is C12H13F3N2O2. The average molecular weight is 274 g/mol. The molecule has 0 amide bonds. The molecule has 7 heteroatoms. The average Bonchev–Trinajstić information content (AvgIpc) is 2.73. The summed E-state index contributed by atoms with van der Waals surface area (Å²) >= 11 is 0. The molecule has 1 unspecified atom stereocenters. The van der Waals surface area contributed by atoms with Gasteiger partial charge in [0.15, 0.2) is 0 Å². The number of pyridine rings is 1. The van der Waals surface area contributed by atoms with Crippen LogP contribution in [-0.4, -0.2) is 28.6 Å². The molecule has 104 valence electrons. The highest BCUT2D eigenvalue weighted by Gasteiger charge is 2.35. The van der Waals surface area contributed by atoms with Gasteiger partial charge in [-0.15, -0.1) is 0 Å². The fraction of sp³-hybridized carbons (Fsp3) is 0.500. The number of carboxylic acids is 1. The van der Waals surface area contributed by atoms with Crippen LogP contribution in [0.3, 0.4) is 0 Å². The van der Waals surface area contributed by atoms with E-state index in [-0.39, 0.29) is 17.4 Å². The predicted molar refractivity (Wildman–Crippen MR) is 62.2 cm³/mol. The van der Waals surface area contributed by atoms with Crippen LogP contribution in [0.1, 0.15) is 35.8 Å². The van der Waals surface area contributed by atoms with Gasteiger partial charge in [-0.25, -0.2) is 9.78 Å². The van der Waals surface area contributed by atoms with E-state index in [9.17, 15) is 18.0 Å². The number of halogens is 3. The van der Waals surface area contributed by atoms with E-state index in [1.807, 2.05) is 6.92 Å². The van der Waals surface area contributed by atoms with Gasteiger partial charge in [-0.3, -0.25) is 0 Å². The smallest absolute Gasteiger partial charge is 0.433 e. The van der Waals surface area contributed by atoms with Gasteiger partial charge in [0, 0.05) is 12.6 Å². The van der Waals surface area contributed by atoms with Crippen LogP contribution in [0.15, 0.2) is 12.1 Å². The number of anilines is 1. The van der Waals surface area contributed by atoms with Gasteiger partial charge in [0.05, 0.1) is 0 Å². The normalized spacial score (nSPS) is 19.8. The minimum absolute atomic E-state index is 0.00548. The summed E-state index contributed by atoms with van der Waals surface area (Å²) in [4.78, 5) is 16.2. The Labute approximate surface area is 107 Å². The Balaban J connectivity index is 2.51. The number of rotatable bonds is 2. The van der Waals surface area contributed by atoms with Crippen LogP contribution in [0.25, 0.3) is 0 Å². The summed E-state index contributed by atoms with van der Waals surface area (Å²) in [6.45, 7) is 2.37. The Hall–Kier alpha value is -1.79. The third-order valence-electron chi connectivity index (χ3n) is 3.22. The SMILES string of the molecule is CC1CCCN1c1nc(C(F)(F)F)ccc1C(=O)O. The molecule has 4 nitrogen and oxygen atoms in total. The van der Waals surface area contributed by atoms with Crippen LogP contribution in [0.5, 0.6) is 0 Å². The minimum Gasteiger partial charge on any atom is -0.478 e. The second kappa shape index (κ2) is 4.71. The largest absolute Gasteiger partial charge is 0.478 e. The van der Waals surface area contributed by atoms with Crippen molar-refractivity contribution < 1.29 is 23.1 Å². The number of alkyl halides is 3. The fourth-order valence-corrected chi connectivity index (χ4v) is 2.24. The van der Waals surface area contributed by atoms with Gasteiger partial charge in [-0.05, 0) is 31.9 Å². The molecule has 1 aliphatic rings. The standard InChI is InChI=1S/C12H13F3N2O2/c1-7-3-2-6-17(7)10-8(11(18)19)4-5-9(16-10)12(13,14)15/h4-5,7H,2-3,6H2,1H3,(H,18,19). The van der Waals surface area contributed by atoms with Crippen molar-refractivity contribution in [1.82, 2.24) is 4.98 Å². The van der Waals surface area contributed by atoms with Gasteiger partial charge in [-0.1, -0.05) is 0 Å². The molecule has 1 aromatic heterocycles. The third-order valence-corrected chi connectivity index (χ3v) is 3.22. The quantitative estimate of drug-likeness (QED) is 0.901. The highest BCUT2D eigenvalue weighted by molar-refractivity contribution is 5.93. The number of carbonyl (C=O) groups is 1. The lowest BCUT2D eigenvalue weighted by Crippen LogP contribution is -2.30. The van der Waals surface area contributed by atoms with Crippen LogP contribution >= 0.6 is 0 Å². The zero-order valence-corrected chi connectivity index (χ0v) is 10.2. The Morgan fingerprint density at radius 3 is 2.63 bits per heavy atom. The van der Waals surface area contributed by atoms with E-state index in [0.717, 1.165) is 18.9 Å². The van der Waals surface area contributed by atoms with Crippen molar-refractivity contribution in [1.29, 1.82) is 0 Å². The number of hydrogen-bond donors (Lipinski definition) is 1. The van der Waals surface area contributed by atoms with Crippen LogP contribution in [0, 0.1) is 0 Å². The van der Waals surface area contributed by atoms with Crippen molar-refractivity contribution in [3.63, 3.8) is 0 Å². The van der Waals surface area contributed by atoms with Gasteiger partial charge in [0.1, 0.15) is 17.1 Å². The van der Waals surface area contributed by atoms with Gasteiger partial charge >= 0.3 is 12.1 Å². The summed E-state index contributed by atoms with van der Waals surface area (Å²) in [5.74, 6) is -1.36. The van der Waals surface area contributed by atoms with Crippen LogP contribution < -0.4 is 4.90 Å². The second-order valence-corrected chi connectivity index (χ2v) is 4.56. The molecule has 19 heavy (non-hydrogen) atoms. The molecule has 1 fully saturated rings. The Bertz CT molecular complexity index is 502. The Morgan fingerprint density at radius 1 is 1.47 bits per heavy atom. The lowest BCUT2D eigenvalue weighted by molar-refractivity contribution is -0.141. The molecule has 0 bridgehead atoms. The molecule has 1 aliphatic heterocycles. The van der Waals surface area contributed by atoms with E-state index < -0.39 is 17.8 Å². The highest BCUT2D eigenvalue weighted by Crippen LogP contribution is 2.33. The van der Waals surface area contributed by atoms with Crippen molar-refractivity contribution >= 4 is 11.8 Å². The maximum absolute atomic E-state index is 12.7. The first-order valence-corrected chi connectivity index (χ1v) is 5.89. The van der Waals surface area contributed by atoms with Crippen molar-refractivity contribution in [2.24, 2.45) is 0 Å². The summed E-state index contributed by atoms with van der Waals surface area (Å²) in [5.41, 5.74) is -1.26. The van der Waals surface area contributed by atoms with Gasteiger partial charge < -0.3 is 10.0 Å². The minimum atomic E-state index is -4.57. The number of hydrogen-bond acceptors (Lipinski definition) is 3. The molecular weight excluding hydrogens is 261 g/mol. The maximum Gasteiger partial charge on any atom is 0.433 e. The molecule has 0 radical (unpaired) electrons. The van der Waals surface area contributed by atoms with Gasteiger partial charge in [0.2, 0.25) is 0 Å². The molecule has 0 saturated carbocycles. The van der Waals surface area contributed by atoms with Crippen LogP contribution in [0.2, 0.25) is 0 Å². The van der Waals surface area contributed by atoms with E-state index >= 15 is 0 Å². The van der Waals surface area contributed by atoms with Gasteiger partial charge in [-0.2, -0.15) is 13.2 Å². The van der Waals surface area contributed by atoms with Crippen LogP contribution in [0.4, 0.5) is 19.0 Å². The molecule has 0 aliphatic carbocycles. The first kappa shape index (κ1) is 13.6. The highest BCUT2D eigenvalue weighted by atomic mass is 19.4. The topological polar surface area (TPSA) is 53.4 Å². The monoisotopic (exact) mass is 274 g/mol. The van der Waals surface area contributed by atoms with E-state index in [2.05, 4.69) is 4.98 Å². The lowest BCUT2D eigenvalue weighted by Gasteiger charge is -2.24. The van der Waals surface area contributed by atoms with E-state index in [1.54, 1.807) is 4.90 Å². The number of aromatic nitrogens is 1. The zero-order chi connectivity index (χ0) is 14.2. The molecule has 2 heterocycles. The van der Waals surface area contributed by atoms with E-state index in [0.29, 0.717) is 12.6 Å². The predicted octanol–water partition coefficient (Wildman–Crippen LogP) is 2.79. The summed E-state index contributed by atoms with van der Waals surface area (Å²) in [5, 5.41) is 9.06. The lowest BCUT2D eigenvalue weighted by atomic mass is 10.2. The molecule has 0 spiro atoms. The molecule has 1 atom stereocenters. The Kier molecular flexibility index (Phi) is 3.38. The fourth-order valence-electron chi connectivity index (χ4n) is 2.24. The summed E-state index contributed by atoms with van der Waals surface area (Å²) < 4.78 is 38.0. The molecule has 1 saturated heterocycles. The first-order valence-electron chi connectivity index (χ1n) is 5.89. The van der Waals surface area contributed by atoms with Gasteiger partial charge in [0.25, 0.3) is 0 Å². The molecule has 1 N–H and O–H groups in total. The Morgan fingerprint density at radius 2 is 2.16 bits per heavy atom.